The fourth-order valence-corrected chi connectivity index (χ4v) is 2.87. The van der Waals surface area contributed by atoms with Crippen molar-refractivity contribution in [3.05, 3.63) is 0 Å². The van der Waals surface area contributed by atoms with Gasteiger partial charge in [0, 0.05) is 20.1 Å². The maximum atomic E-state index is 11.9. The van der Waals surface area contributed by atoms with Crippen LogP contribution < -0.4 is 5.32 Å². The number of urea groups is 1. The highest BCUT2D eigenvalue weighted by atomic mass is 16.4. The Hall–Kier alpha value is -1.26. The van der Waals surface area contributed by atoms with Gasteiger partial charge in [-0.3, -0.25) is 4.79 Å². The van der Waals surface area contributed by atoms with Crippen molar-refractivity contribution in [2.75, 3.05) is 20.1 Å². The van der Waals surface area contributed by atoms with Gasteiger partial charge in [-0.1, -0.05) is 26.2 Å². The normalized spacial score (nSPS) is 17.8. The summed E-state index contributed by atoms with van der Waals surface area (Å²) in [4.78, 5) is 24.6. The van der Waals surface area contributed by atoms with E-state index in [0.717, 1.165) is 38.6 Å². The van der Waals surface area contributed by atoms with Gasteiger partial charge in [-0.25, -0.2) is 4.79 Å². The largest absolute Gasteiger partial charge is 0.481 e. The van der Waals surface area contributed by atoms with Crippen molar-refractivity contribution in [3.8, 4) is 0 Å². The number of aliphatic carboxylic acids is 1. The molecule has 0 atom stereocenters. The van der Waals surface area contributed by atoms with E-state index < -0.39 is 5.97 Å². The maximum absolute atomic E-state index is 11.9. The average Bonchev–Trinajstić information content (AvgIpc) is 2.36. The zero-order valence-corrected chi connectivity index (χ0v) is 12.1. The van der Waals surface area contributed by atoms with Gasteiger partial charge in [-0.05, 0) is 24.7 Å². The zero-order valence-electron chi connectivity index (χ0n) is 12.1. The molecule has 0 bridgehead atoms. The van der Waals surface area contributed by atoms with E-state index in [2.05, 4.69) is 5.32 Å². The summed E-state index contributed by atoms with van der Waals surface area (Å²) in [5.41, 5.74) is -0.243. The van der Waals surface area contributed by atoms with Gasteiger partial charge in [0.1, 0.15) is 0 Å². The average molecular weight is 270 g/mol. The van der Waals surface area contributed by atoms with Crippen molar-refractivity contribution < 1.29 is 14.7 Å². The highest BCUT2D eigenvalue weighted by Gasteiger charge is 2.34. The number of carbonyl (C=O) groups excluding carboxylic acids is 1. The molecule has 0 saturated heterocycles. The molecule has 5 heteroatoms. The van der Waals surface area contributed by atoms with Gasteiger partial charge in [0.15, 0.2) is 0 Å². The molecule has 0 aromatic rings. The van der Waals surface area contributed by atoms with E-state index in [4.69, 9.17) is 5.11 Å². The molecule has 1 aliphatic carbocycles. The predicted molar refractivity (Wildman–Crippen MR) is 74.1 cm³/mol. The smallest absolute Gasteiger partial charge is 0.317 e. The summed E-state index contributed by atoms with van der Waals surface area (Å²) < 4.78 is 0. The molecule has 0 heterocycles. The minimum atomic E-state index is -0.766. The lowest BCUT2D eigenvalue weighted by molar-refractivity contribution is -0.140. The molecular formula is C14H26N2O3. The second-order valence-corrected chi connectivity index (χ2v) is 5.71. The van der Waals surface area contributed by atoms with Crippen LogP contribution in [0.4, 0.5) is 4.79 Å². The van der Waals surface area contributed by atoms with Gasteiger partial charge in [0.25, 0.3) is 0 Å². The van der Waals surface area contributed by atoms with E-state index in [9.17, 15) is 9.59 Å². The number of carboxylic acids is 1. The van der Waals surface area contributed by atoms with E-state index in [1.54, 1.807) is 11.9 Å². The lowest BCUT2D eigenvalue weighted by Gasteiger charge is -2.36. The number of hydrogen-bond acceptors (Lipinski definition) is 2. The number of nitrogens with zero attached hydrogens (tertiary/aromatic N) is 1. The number of rotatable bonds is 6. The fourth-order valence-electron chi connectivity index (χ4n) is 2.87. The van der Waals surface area contributed by atoms with E-state index >= 15 is 0 Å². The summed E-state index contributed by atoms with van der Waals surface area (Å²) in [5, 5.41) is 12.0. The molecule has 19 heavy (non-hydrogen) atoms. The van der Waals surface area contributed by atoms with Crippen LogP contribution in [0.3, 0.4) is 0 Å². The van der Waals surface area contributed by atoms with Crippen LogP contribution in [0.2, 0.25) is 0 Å². The molecule has 2 amide bonds. The first-order chi connectivity index (χ1) is 8.99. The summed E-state index contributed by atoms with van der Waals surface area (Å²) in [6.07, 6.45) is 6.18. The van der Waals surface area contributed by atoms with Gasteiger partial charge in [0.2, 0.25) is 0 Å². The van der Waals surface area contributed by atoms with Crippen molar-refractivity contribution in [1.29, 1.82) is 0 Å². The first-order valence-corrected chi connectivity index (χ1v) is 7.20. The number of carboxylic acid groups (broad SMARTS) is 1. The molecule has 1 fully saturated rings. The SMILES string of the molecule is CCCN(C)C(=O)NCC1(CC(=O)O)CCCCC1. The van der Waals surface area contributed by atoms with Crippen LogP contribution in [0.25, 0.3) is 0 Å². The Morgan fingerprint density at radius 2 is 1.89 bits per heavy atom. The van der Waals surface area contributed by atoms with Gasteiger partial charge >= 0.3 is 12.0 Å². The lowest BCUT2D eigenvalue weighted by atomic mass is 9.72. The van der Waals surface area contributed by atoms with Crippen molar-refractivity contribution in [3.63, 3.8) is 0 Å². The number of amides is 2. The Morgan fingerprint density at radius 3 is 2.42 bits per heavy atom. The summed E-state index contributed by atoms with van der Waals surface area (Å²) in [5.74, 6) is -0.766. The molecule has 110 valence electrons. The van der Waals surface area contributed by atoms with Crippen LogP contribution in [0.1, 0.15) is 51.9 Å². The first-order valence-electron chi connectivity index (χ1n) is 7.20. The maximum Gasteiger partial charge on any atom is 0.317 e. The third-order valence-electron chi connectivity index (χ3n) is 3.96. The summed E-state index contributed by atoms with van der Waals surface area (Å²) in [6, 6.07) is -0.0998. The van der Waals surface area contributed by atoms with Crippen LogP contribution in [-0.2, 0) is 4.79 Å². The molecule has 2 N–H and O–H groups in total. The predicted octanol–water partition coefficient (Wildman–Crippen LogP) is 2.46. The van der Waals surface area contributed by atoms with Crippen molar-refractivity contribution in [2.45, 2.75) is 51.9 Å². The third-order valence-corrected chi connectivity index (χ3v) is 3.96. The molecule has 0 aromatic carbocycles. The number of hydrogen-bond donors (Lipinski definition) is 2. The van der Waals surface area contributed by atoms with Crippen LogP contribution in [-0.4, -0.2) is 42.1 Å². The summed E-state index contributed by atoms with van der Waals surface area (Å²) in [7, 11) is 1.77. The van der Waals surface area contributed by atoms with E-state index in [0.29, 0.717) is 6.54 Å². The monoisotopic (exact) mass is 270 g/mol. The molecular weight excluding hydrogens is 244 g/mol. The Morgan fingerprint density at radius 1 is 1.26 bits per heavy atom. The van der Waals surface area contributed by atoms with Crippen LogP contribution >= 0.6 is 0 Å². The van der Waals surface area contributed by atoms with Gasteiger partial charge in [-0.15, -0.1) is 0 Å². The topological polar surface area (TPSA) is 69.6 Å². The standard InChI is InChI=1S/C14H26N2O3/c1-3-9-16(2)13(19)15-11-14(10-12(17)18)7-5-4-6-8-14/h3-11H2,1-2H3,(H,15,19)(H,17,18). The van der Waals surface area contributed by atoms with Crippen LogP contribution in [0.15, 0.2) is 0 Å². The molecule has 0 radical (unpaired) electrons. The zero-order chi connectivity index (χ0) is 14.3. The molecule has 0 aliphatic heterocycles. The lowest BCUT2D eigenvalue weighted by Crippen LogP contribution is -2.45. The number of nitrogens with one attached hydrogen (secondary N) is 1. The second kappa shape index (κ2) is 7.36. The molecule has 1 rings (SSSR count). The molecule has 0 aromatic heterocycles. The highest BCUT2D eigenvalue weighted by Crippen LogP contribution is 2.38. The van der Waals surface area contributed by atoms with Crippen LogP contribution in [0.5, 0.6) is 0 Å². The summed E-state index contributed by atoms with van der Waals surface area (Å²) >= 11 is 0. The molecule has 0 spiro atoms. The van der Waals surface area contributed by atoms with Crippen molar-refractivity contribution in [1.82, 2.24) is 10.2 Å². The Kier molecular flexibility index (Phi) is 6.12. The molecule has 0 unspecified atom stereocenters. The molecule has 1 saturated carbocycles. The minimum Gasteiger partial charge on any atom is -0.481 e. The van der Waals surface area contributed by atoms with E-state index in [1.807, 2.05) is 6.92 Å². The van der Waals surface area contributed by atoms with E-state index in [-0.39, 0.29) is 17.9 Å². The van der Waals surface area contributed by atoms with Crippen molar-refractivity contribution in [2.24, 2.45) is 5.41 Å². The third kappa shape index (κ3) is 5.09. The molecule has 1 aliphatic rings. The Balaban J connectivity index is 2.53. The Labute approximate surface area is 115 Å². The fraction of sp³-hybridized carbons (Fsp3) is 0.857. The van der Waals surface area contributed by atoms with Gasteiger partial charge in [-0.2, -0.15) is 0 Å². The molecule has 5 nitrogen and oxygen atoms in total. The van der Waals surface area contributed by atoms with Gasteiger partial charge < -0.3 is 15.3 Å². The summed E-state index contributed by atoms with van der Waals surface area (Å²) in [6.45, 7) is 3.22. The van der Waals surface area contributed by atoms with E-state index in [1.165, 1.54) is 6.42 Å². The first kappa shape index (κ1) is 15.8. The second-order valence-electron chi connectivity index (χ2n) is 5.71. The quantitative estimate of drug-likeness (QED) is 0.779. The minimum absolute atomic E-state index is 0.0998. The number of carbonyl (C=O) groups is 2. The highest BCUT2D eigenvalue weighted by molar-refractivity contribution is 5.74. The van der Waals surface area contributed by atoms with Gasteiger partial charge in [0.05, 0.1) is 6.42 Å². The van der Waals surface area contributed by atoms with Crippen molar-refractivity contribution >= 4 is 12.0 Å². The van der Waals surface area contributed by atoms with Crippen LogP contribution in [0, 0.1) is 5.41 Å². The Bertz CT molecular complexity index is 312.